The third-order valence-electron chi connectivity index (χ3n) is 6.36. The van der Waals surface area contributed by atoms with Crippen LogP contribution in [0.15, 0.2) is 48.9 Å². The molecular weight excluding hydrogens is 388 g/mol. The fraction of sp³-hybridized carbons (Fsp3) is 0.348. The van der Waals surface area contributed by atoms with Gasteiger partial charge in [-0.05, 0) is 25.3 Å². The van der Waals surface area contributed by atoms with Crippen molar-refractivity contribution in [1.82, 2.24) is 34.3 Å². The zero-order valence-electron chi connectivity index (χ0n) is 17.5. The minimum absolute atomic E-state index is 0.485. The normalized spacial score (nSPS) is 15.8. The lowest BCUT2D eigenvalue weighted by Gasteiger charge is -2.35. The molecule has 0 unspecified atom stereocenters. The molecule has 0 N–H and O–H groups in total. The van der Waals surface area contributed by atoms with E-state index in [1.54, 1.807) is 0 Å². The van der Waals surface area contributed by atoms with Crippen molar-refractivity contribution in [3.05, 3.63) is 72.0 Å². The number of imidazole rings is 1. The van der Waals surface area contributed by atoms with Crippen molar-refractivity contribution >= 4 is 5.82 Å². The maximum absolute atomic E-state index is 5.07. The molecule has 8 nitrogen and oxygen atoms in total. The van der Waals surface area contributed by atoms with Crippen LogP contribution in [0.5, 0.6) is 0 Å². The monoisotopic (exact) mass is 412 g/mol. The second-order valence-corrected chi connectivity index (χ2v) is 8.32. The molecule has 1 fully saturated rings. The van der Waals surface area contributed by atoms with Gasteiger partial charge in [0.2, 0.25) is 5.95 Å². The molecule has 0 spiro atoms. The Hall–Kier alpha value is -3.55. The van der Waals surface area contributed by atoms with Crippen molar-refractivity contribution < 1.29 is 0 Å². The second kappa shape index (κ2) is 7.30. The van der Waals surface area contributed by atoms with Crippen LogP contribution >= 0.6 is 0 Å². The number of benzene rings is 1. The van der Waals surface area contributed by atoms with Crippen LogP contribution in [0.25, 0.3) is 11.6 Å². The fourth-order valence-electron chi connectivity index (χ4n) is 4.84. The molecule has 8 heteroatoms. The van der Waals surface area contributed by atoms with Crippen molar-refractivity contribution in [3.8, 4) is 11.6 Å². The molecule has 156 valence electrons. The molecule has 1 aromatic carbocycles. The van der Waals surface area contributed by atoms with Crippen LogP contribution < -0.4 is 4.90 Å². The molecule has 0 radical (unpaired) electrons. The van der Waals surface area contributed by atoms with Gasteiger partial charge in [-0.3, -0.25) is 9.13 Å². The molecule has 31 heavy (non-hydrogen) atoms. The van der Waals surface area contributed by atoms with Gasteiger partial charge in [0, 0.05) is 24.9 Å². The Morgan fingerprint density at radius 2 is 1.87 bits per heavy atom. The molecular formula is C23H24N8. The molecule has 0 saturated heterocycles. The largest absolute Gasteiger partial charge is 0.344 e. The summed E-state index contributed by atoms with van der Waals surface area (Å²) < 4.78 is 4.08. The molecule has 0 bridgehead atoms. The lowest BCUT2D eigenvalue weighted by molar-refractivity contribution is 0.565. The molecule has 1 saturated carbocycles. The number of anilines is 1. The number of hydrogen-bond acceptors (Lipinski definition) is 6. The third-order valence-corrected chi connectivity index (χ3v) is 6.36. The summed E-state index contributed by atoms with van der Waals surface area (Å²) in [5.74, 6) is 4.37. The first-order valence-electron chi connectivity index (χ1n) is 10.9. The summed E-state index contributed by atoms with van der Waals surface area (Å²) >= 11 is 0. The summed E-state index contributed by atoms with van der Waals surface area (Å²) in [5.41, 5.74) is 2.18. The van der Waals surface area contributed by atoms with E-state index >= 15 is 0 Å². The minimum Gasteiger partial charge on any atom is -0.344 e. The van der Waals surface area contributed by atoms with E-state index in [1.807, 2.05) is 36.1 Å². The molecule has 0 atom stereocenters. The van der Waals surface area contributed by atoms with E-state index in [0.717, 1.165) is 41.9 Å². The first-order chi connectivity index (χ1) is 15.3. The van der Waals surface area contributed by atoms with Crippen molar-refractivity contribution in [3.63, 3.8) is 0 Å². The molecule has 4 aromatic rings. The number of aryl methyl sites for hydroxylation is 1. The number of nitrogens with zero attached hydrogens (tertiary/aromatic N) is 8. The van der Waals surface area contributed by atoms with Crippen molar-refractivity contribution in [1.29, 1.82) is 0 Å². The van der Waals surface area contributed by atoms with Crippen LogP contribution in [0.1, 0.15) is 48.7 Å². The van der Waals surface area contributed by atoms with Gasteiger partial charge < -0.3 is 4.90 Å². The van der Waals surface area contributed by atoms with Crippen LogP contribution in [0.2, 0.25) is 0 Å². The Balaban J connectivity index is 1.43. The van der Waals surface area contributed by atoms with Gasteiger partial charge in [0.05, 0.1) is 12.7 Å². The Bertz CT molecular complexity index is 1220. The smallest absolute Gasteiger partial charge is 0.237 e. The molecule has 0 amide bonds. The zero-order valence-corrected chi connectivity index (χ0v) is 17.5. The molecule has 6 rings (SSSR count). The maximum Gasteiger partial charge on any atom is 0.237 e. The number of hydrogen-bond donors (Lipinski definition) is 0. The van der Waals surface area contributed by atoms with Gasteiger partial charge in [-0.2, -0.15) is 4.98 Å². The SMILES string of the molecule is Cc1nnc2n1-c1cnc(-n3ccnc3Cc3ccccc3)nc1N(C1CCCC1)C2. The van der Waals surface area contributed by atoms with E-state index in [-0.39, 0.29) is 0 Å². The van der Waals surface area contributed by atoms with Gasteiger partial charge in [-0.15, -0.1) is 10.2 Å². The van der Waals surface area contributed by atoms with Crippen LogP contribution in [-0.4, -0.2) is 40.3 Å². The van der Waals surface area contributed by atoms with E-state index in [4.69, 9.17) is 9.97 Å². The lowest BCUT2D eigenvalue weighted by atomic mass is 10.1. The summed E-state index contributed by atoms with van der Waals surface area (Å²) in [6.07, 6.45) is 11.3. The van der Waals surface area contributed by atoms with Gasteiger partial charge >= 0.3 is 0 Å². The molecule has 4 heterocycles. The summed E-state index contributed by atoms with van der Waals surface area (Å²) in [4.78, 5) is 16.8. The van der Waals surface area contributed by atoms with E-state index in [2.05, 4.69) is 48.9 Å². The van der Waals surface area contributed by atoms with Crippen molar-refractivity contribution in [2.45, 2.75) is 51.6 Å². The molecule has 2 aliphatic rings. The highest BCUT2D eigenvalue weighted by atomic mass is 15.4. The Kier molecular flexibility index (Phi) is 4.29. The molecule has 3 aromatic heterocycles. The number of aromatic nitrogens is 7. The topological polar surface area (TPSA) is 77.5 Å². The van der Waals surface area contributed by atoms with Crippen molar-refractivity contribution in [2.75, 3.05) is 4.90 Å². The van der Waals surface area contributed by atoms with Gasteiger partial charge in [0.15, 0.2) is 11.6 Å². The molecule has 1 aliphatic carbocycles. The predicted molar refractivity (Wildman–Crippen MR) is 116 cm³/mol. The average Bonchev–Trinajstić information content (AvgIpc) is 3.55. The van der Waals surface area contributed by atoms with E-state index in [0.29, 0.717) is 12.0 Å². The quantitative estimate of drug-likeness (QED) is 0.511. The highest BCUT2D eigenvalue weighted by molar-refractivity contribution is 5.61. The van der Waals surface area contributed by atoms with E-state index in [1.165, 1.54) is 31.2 Å². The summed E-state index contributed by atoms with van der Waals surface area (Å²) in [6, 6.07) is 10.9. The fourth-order valence-corrected chi connectivity index (χ4v) is 4.84. The van der Waals surface area contributed by atoms with Gasteiger partial charge in [0.1, 0.15) is 17.3 Å². The predicted octanol–water partition coefficient (Wildman–Crippen LogP) is 3.40. The van der Waals surface area contributed by atoms with Crippen LogP contribution in [0.4, 0.5) is 5.82 Å². The standard InChI is InChI=1S/C23H24N8/c1-16-27-28-21-15-30(18-9-5-6-10-18)22-19(31(16)21)14-25-23(26-22)29-12-11-24-20(29)13-17-7-3-2-4-8-17/h2-4,7-8,11-12,14,18H,5-6,9-10,13,15H2,1H3. The van der Waals surface area contributed by atoms with Gasteiger partial charge in [0.25, 0.3) is 0 Å². The third kappa shape index (κ3) is 3.10. The summed E-state index contributed by atoms with van der Waals surface area (Å²) in [6.45, 7) is 2.71. The average molecular weight is 413 g/mol. The molecule has 1 aliphatic heterocycles. The van der Waals surface area contributed by atoms with Crippen LogP contribution in [0.3, 0.4) is 0 Å². The van der Waals surface area contributed by atoms with Crippen molar-refractivity contribution in [2.24, 2.45) is 0 Å². The van der Waals surface area contributed by atoms with E-state index in [9.17, 15) is 0 Å². The van der Waals surface area contributed by atoms with Gasteiger partial charge in [-0.1, -0.05) is 43.2 Å². The highest BCUT2D eigenvalue weighted by Crippen LogP contribution is 2.36. The van der Waals surface area contributed by atoms with Crippen LogP contribution in [-0.2, 0) is 13.0 Å². The Morgan fingerprint density at radius 1 is 1.03 bits per heavy atom. The van der Waals surface area contributed by atoms with Gasteiger partial charge in [-0.25, -0.2) is 9.97 Å². The maximum atomic E-state index is 5.07. The lowest BCUT2D eigenvalue weighted by Crippen LogP contribution is -2.38. The zero-order chi connectivity index (χ0) is 20.8. The Morgan fingerprint density at radius 3 is 2.71 bits per heavy atom. The Labute approximate surface area is 180 Å². The summed E-state index contributed by atoms with van der Waals surface area (Å²) in [7, 11) is 0. The highest BCUT2D eigenvalue weighted by Gasteiger charge is 2.33. The first kappa shape index (κ1) is 18.2. The minimum atomic E-state index is 0.485. The summed E-state index contributed by atoms with van der Waals surface area (Å²) in [5, 5.41) is 8.72. The van der Waals surface area contributed by atoms with E-state index < -0.39 is 0 Å². The first-order valence-corrected chi connectivity index (χ1v) is 10.9. The second-order valence-electron chi connectivity index (χ2n) is 8.32. The van der Waals surface area contributed by atoms with Crippen LogP contribution in [0, 0.1) is 6.92 Å². The number of fused-ring (bicyclic) bond motifs is 3. The number of rotatable bonds is 4.